The van der Waals surface area contributed by atoms with E-state index in [-0.39, 0.29) is 0 Å². The highest BCUT2D eigenvalue weighted by Crippen LogP contribution is 1.99. The van der Waals surface area contributed by atoms with Crippen molar-refractivity contribution in [2.45, 2.75) is 40.5 Å². The molecule has 0 aliphatic heterocycles. The second-order valence-electron chi connectivity index (χ2n) is 3.01. The maximum absolute atomic E-state index is 4.10. The van der Waals surface area contributed by atoms with E-state index in [4.69, 9.17) is 0 Å². The third-order valence-electron chi connectivity index (χ3n) is 1.93. The monoisotopic (exact) mass is 250 g/mol. The van der Waals surface area contributed by atoms with E-state index in [2.05, 4.69) is 29.2 Å². The predicted octanol–water partition coefficient (Wildman–Crippen LogP) is 4.38. The Morgan fingerprint density at radius 2 is 1.71 bits per heavy atom. The van der Waals surface area contributed by atoms with Crippen LogP contribution in [0.1, 0.15) is 39.1 Å². The van der Waals surface area contributed by atoms with Crippen molar-refractivity contribution in [3.8, 4) is 0 Å². The molecule has 0 aliphatic rings. The quantitative estimate of drug-likeness (QED) is 0.790. The summed E-state index contributed by atoms with van der Waals surface area (Å²) in [5, 5.41) is 2.07. The van der Waals surface area contributed by atoms with Crippen molar-refractivity contribution >= 4 is 11.3 Å². The summed E-state index contributed by atoms with van der Waals surface area (Å²) in [6.45, 7) is 8.21. The average Bonchev–Trinajstić information content (AvgIpc) is 2.96. The molecule has 0 aliphatic carbocycles. The molecular formula is C14H22N2S. The number of aryl methyl sites for hydroxylation is 2. The third-order valence-corrected chi connectivity index (χ3v) is 2.57. The molecule has 0 unspecified atom stereocenters. The summed E-state index contributed by atoms with van der Waals surface area (Å²) >= 11 is 1.65. The highest BCUT2D eigenvalue weighted by molar-refractivity contribution is 7.07. The molecule has 2 heterocycles. The minimum atomic E-state index is 1.03. The topological polar surface area (TPSA) is 25.8 Å². The summed E-state index contributed by atoms with van der Waals surface area (Å²) in [5.41, 5.74) is 4.22. The zero-order valence-electron chi connectivity index (χ0n) is 11.2. The first-order valence-corrected chi connectivity index (χ1v) is 7.08. The zero-order chi connectivity index (χ0) is 12.9. The Morgan fingerprint density at radius 3 is 2.00 bits per heavy atom. The molecule has 0 spiro atoms. The van der Waals surface area contributed by atoms with Gasteiger partial charge in [-0.3, -0.25) is 4.98 Å². The average molecular weight is 250 g/mol. The standard InChI is InChI=1S/C7H9N.C5H7NS.C2H6/c1-2-7-5-3-4-6-8-7;1-2-5-3-7-4-6-5;1-2/h3-6H,2H2,1H3;3-4H,2H2,1H3;1-2H3. The molecule has 3 heteroatoms. The lowest BCUT2D eigenvalue weighted by molar-refractivity contribution is 1.04. The molecule has 2 rings (SSSR count). The van der Waals surface area contributed by atoms with Crippen LogP contribution in [-0.4, -0.2) is 9.97 Å². The summed E-state index contributed by atoms with van der Waals surface area (Å²) in [7, 11) is 0. The van der Waals surface area contributed by atoms with Crippen LogP contribution in [0.4, 0.5) is 0 Å². The fraction of sp³-hybridized carbons (Fsp3) is 0.429. The number of hydrogen-bond donors (Lipinski definition) is 0. The van der Waals surface area contributed by atoms with E-state index in [1.165, 1.54) is 5.69 Å². The molecule has 0 saturated heterocycles. The molecule has 2 nitrogen and oxygen atoms in total. The van der Waals surface area contributed by atoms with Crippen LogP contribution < -0.4 is 0 Å². The number of thiazole rings is 1. The van der Waals surface area contributed by atoms with E-state index < -0.39 is 0 Å². The first-order valence-electron chi connectivity index (χ1n) is 6.13. The van der Waals surface area contributed by atoms with Crippen molar-refractivity contribution in [1.29, 1.82) is 0 Å². The van der Waals surface area contributed by atoms with Gasteiger partial charge < -0.3 is 0 Å². The SMILES string of the molecule is CC.CCc1ccccn1.CCc1cscn1. The van der Waals surface area contributed by atoms with Crippen LogP contribution in [0.25, 0.3) is 0 Å². The van der Waals surface area contributed by atoms with Crippen LogP contribution in [0.3, 0.4) is 0 Å². The van der Waals surface area contributed by atoms with Crippen molar-refractivity contribution in [3.05, 3.63) is 46.7 Å². The lowest BCUT2D eigenvalue weighted by Gasteiger charge is -1.88. The van der Waals surface area contributed by atoms with Crippen molar-refractivity contribution in [2.75, 3.05) is 0 Å². The van der Waals surface area contributed by atoms with E-state index in [0.29, 0.717) is 0 Å². The van der Waals surface area contributed by atoms with Gasteiger partial charge in [-0.25, -0.2) is 4.98 Å². The minimum absolute atomic E-state index is 1.03. The van der Waals surface area contributed by atoms with Gasteiger partial charge in [-0.05, 0) is 25.0 Å². The lowest BCUT2D eigenvalue weighted by atomic mass is 10.3. The third kappa shape index (κ3) is 7.64. The molecule has 0 radical (unpaired) electrons. The van der Waals surface area contributed by atoms with E-state index in [1.54, 1.807) is 11.3 Å². The fourth-order valence-electron chi connectivity index (χ4n) is 1.02. The van der Waals surface area contributed by atoms with Crippen molar-refractivity contribution in [1.82, 2.24) is 9.97 Å². The summed E-state index contributed by atoms with van der Waals surface area (Å²) < 4.78 is 0. The van der Waals surface area contributed by atoms with Crippen LogP contribution in [0.15, 0.2) is 35.3 Å². The van der Waals surface area contributed by atoms with E-state index >= 15 is 0 Å². The fourth-order valence-corrected chi connectivity index (χ4v) is 1.66. The molecule has 0 saturated carbocycles. The van der Waals surface area contributed by atoms with Crippen molar-refractivity contribution < 1.29 is 0 Å². The maximum Gasteiger partial charge on any atom is 0.0794 e. The summed E-state index contributed by atoms with van der Waals surface area (Å²) in [4.78, 5) is 8.15. The molecular weight excluding hydrogens is 228 g/mol. The number of hydrogen-bond acceptors (Lipinski definition) is 3. The first-order chi connectivity index (χ1) is 8.36. The van der Waals surface area contributed by atoms with Gasteiger partial charge in [0.1, 0.15) is 0 Å². The number of aromatic nitrogens is 2. The van der Waals surface area contributed by atoms with Crippen LogP contribution in [-0.2, 0) is 12.8 Å². The van der Waals surface area contributed by atoms with Gasteiger partial charge in [-0.1, -0.05) is 33.8 Å². The summed E-state index contributed by atoms with van der Waals surface area (Å²) in [5.74, 6) is 0. The molecule has 2 aromatic rings. The highest BCUT2D eigenvalue weighted by atomic mass is 32.1. The Hall–Kier alpha value is -1.22. The van der Waals surface area contributed by atoms with Crippen molar-refractivity contribution in [3.63, 3.8) is 0 Å². The Balaban J connectivity index is 0.000000265. The van der Waals surface area contributed by atoms with E-state index in [1.807, 2.05) is 43.8 Å². The van der Waals surface area contributed by atoms with E-state index in [9.17, 15) is 0 Å². The smallest absolute Gasteiger partial charge is 0.0794 e. The Bertz CT molecular complexity index is 344. The first kappa shape index (κ1) is 15.8. The maximum atomic E-state index is 4.10. The zero-order valence-corrected chi connectivity index (χ0v) is 12.0. The molecule has 0 N–H and O–H groups in total. The van der Waals surface area contributed by atoms with Gasteiger partial charge in [0.15, 0.2) is 0 Å². The van der Waals surface area contributed by atoms with Gasteiger partial charge in [0, 0.05) is 17.3 Å². The molecule has 17 heavy (non-hydrogen) atoms. The minimum Gasteiger partial charge on any atom is -0.261 e. The molecule has 0 amide bonds. The van der Waals surface area contributed by atoms with Crippen LogP contribution in [0, 0.1) is 0 Å². The predicted molar refractivity (Wildman–Crippen MR) is 76.5 cm³/mol. The largest absolute Gasteiger partial charge is 0.261 e. The second kappa shape index (κ2) is 11.3. The number of rotatable bonds is 2. The Labute approximate surface area is 109 Å². The van der Waals surface area contributed by atoms with Crippen LogP contribution in [0.5, 0.6) is 0 Å². The van der Waals surface area contributed by atoms with Crippen LogP contribution >= 0.6 is 11.3 Å². The molecule has 0 atom stereocenters. The highest BCUT2D eigenvalue weighted by Gasteiger charge is 1.84. The van der Waals surface area contributed by atoms with Crippen LogP contribution in [0.2, 0.25) is 0 Å². The molecule has 0 aromatic carbocycles. The lowest BCUT2D eigenvalue weighted by Crippen LogP contribution is -1.81. The van der Waals surface area contributed by atoms with Gasteiger partial charge >= 0.3 is 0 Å². The van der Waals surface area contributed by atoms with Crippen molar-refractivity contribution in [2.24, 2.45) is 0 Å². The van der Waals surface area contributed by atoms with E-state index in [0.717, 1.165) is 18.5 Å². The Kier molecular flexibility index (Phi) is 10.5. The number of nitrogens with zero attached hydrogens (tertiary/aromatic N) is 2. The number of pyridine rings is 1. The second-order valence-corrected chi connectivity index (χ2v) is 3.73. The van der Waals surface area contributed by atoms with Gasteiger partial charge in [-0.2, -0.15) is 0 Å². The van der Waals surface area contributed by atoms with Gasteiger partial charge in [0.25, 0.3) is 0 Å². The van der Waals surface area contributed by atoms with Gasteiger partial charge in [0.05, 0.1) is 11.2 Å². The molecule has 0 fully saturated rings. The summed E-state index contributed by atoms with van der Waals surface area (Å²) in [6, 6.07) is 5.96. The molecule has 0 bridgehead atoms. The molecule has 94 valence electrons. The van der Waals surface area contributed by atoms with Gasteiger partial charge in [0.2, 0.25) is 0 Å². The Morgan fingerprint density at radius 1 is 1.00 bits per heavy atom. The molecule has 2 aromatic heterocycles. The van der Waals surface area contributed by atoms with Gasteiger partial charge in [-0.15, -0.1) is 11.3 Å². The normalized spacial score (nSPS) is 8.47. The summed E-state index contributed by atoms with van der Waals surface area (Å²) in [6.07, 6.45) is 3.91.